The number of rotatable bonds is 2. The Morgan fingerprint density at radius 3 is 1.73 bits per heavy atom. The molecule has 0 saturated carbocycles. The molecule has 11 heavy (non-hydrogen) atoms. The van der Waals surface area contributed by atoms with E-state index in [2.05, 4.69) is 17.9 Å². The van der Waals surface area contributed by atoms with Gasteiger partial charge in [-0.3, -0.25) is 9.59 Å². The molecule has 1 aliphatic heterocycles. The summed E-state index contributed by atoms with van der Waals surface area (Å²) in [5.41, 5.74) is 0. The van der Waals surface area contributed by atoms with Crippen LogP contribution in [0.4, 0.5) is 0 Å². The van der Waals surface area contributed by atoms with Crippen LogP contribution in [-0.2, 0) is 14.3 Å². The zero-order valence-electron chi connectivity index (χ0n) is 5.95. The minimum atomic E-state index is -0.542. The van der Waals surface area contributed by atoms with Crippen molar-refractivity contribution in [1.29, 1.82) is 0 Å². The summed E-state index contributed by atoms with van der Waals surface area (Å²) >= 11 is 0. The van der Waals surface area contributed by atoms with E-state index in [4.69, 9.17) is 0 Å². The fraction of sp³-hybridized carbons (Fsp3) is 0.250. The second kappa shape index (κ2) is 2.70. The third kappa shape index (κ3) is 1.09. The van der Waals surface area contributed by atoms with Crippen molar-refractivity contribution in [1.82, 2.24) is 0 Å². The second-order valence-corrected chi connectivity index (χ2v) is 2.26. The van der Waals surface area contributed by atoms with Gasteiger partial charge < -0.3 is 4.74 Å². The van der Waals surface area contributed by atoms with Crippen molar-refractivity contribution in [2.75, 3.05) is 0 Å². The van der Waals surface area contributed by atoms with E-state index < -0.39 is 23.8 Å². The first kappa shape index (κ1) is 7.72. The van der Waals surface area contributed by atoms with Crippen LogP contribution in [0.25, 0.3) is 0 Å². The molecule has 3 nitrogen and oxygen atoms in total. The highest BCUT2D eigenvalue weighted by atomic mass is 16.6. The Kier molecular flexibility index (Phi) is 1.89. The SMILES string of the molecule is C=C[C@@H]1C(=O)OC(=O)[C@@H]1C=C. The molecular formula is C8H8O3. The van der Waals surface area contributed by atoms with Gasteiger partial charge in [0.25, 0.3) is 0 Å². The van der Waals surface area contributed by atoms with E-state index in [1.807, 2.05) is 0 Å². The Morgan fingerprint density at radius 2 is 1.45 bits per heavy atom. The highest BCUT2D eigenvalue weighted by Gasteiger charge is 2.40. The number of carbonyl (C=O) groups is 2. The summed E-state index contributed by atoms with van der Waals surface area (Å²) in [5.74, 6) is -2.15. The van der Waals surface area contributed by atoms with Crippen molar-refractivity contribution < 1.29 is 14.3 Å². The Labute approximate surface area is 64.3 Å². The molecule has 0 N–H and O–H groups in total. The van der Waals surface area contributed by atoms with Gasteiger partial charge in [0.15, 0.2) is 0 Å². The molecule has 0 bridgehead atoms. The second-order valence-electron chi connectivity index (χ2n) is 2.26. The molecule has 0 radical (unpaired) electrons. The highest BCUT2D eigenvalue weighted by molar-refractivity contribution is 5.98. The molecule has 0 spiro atoms. The first-order chi connectivity index (χ1) is 5.20. The summed E-state index contributed by atoms with van der Waals surface area (Å²) in [5, 5.41) is 0. The van der Waals surface area contributed by atoms with E-state index in [-0.39, 0.29) is 0 Å². The lowest BCUT2D eigenvalue weighted by atomic mass is 9.95. The Hall–Kier alpha value is -1.38. The zero-order valence-corrected chi connectivity index (χ0v) is 5.95. The molecule has 0 aromatic rings. The van der Waals surface area contributed by atoms with E-state index in [0.29, 0.717) is 0 Å². The predicted octanol–water partition coefficient (Wildman–Crippen LogP) is 0.674. The number of ether oxygens (including phenoxy) is 1. The van der Waals surface area contributed by atoms with Gasteiger partial charge in [0.1, 0.15) is 0 Å². The van der Waals surface area contributed by atoms with Crippen molar-refractivity contribution in [3.63, 3.8) is 0 Å². The van der Waals surface area contributed by atoms with E-state index in [0.717, 1.165) is 0 Å². The molecule has 0 amide bonds. The van der Waals surface area contributed by atoms with Gasteiger partial charge in [-0.25, -0.2) is 0 Å². The molecule has 2 atom stereocenters. The number of carbonyl (C=O) groups excluding carboxylic acids is 2. The van der Waals surface area contributed by atoms with Gasteiger partial charge in [-0.15, -0.1) is 13.2 Å². The maximum Gasteiger partial charge on any atom is 0.321 e. The van der Waals surface area contributed by atoms with Gasteiger partial charge in [0, 0.05) is 0 Å². The van der Waals surface area contributed by atoms with Crippen LogP contribution >= 0.6 is 0 Å². The summed E-state index contributed by atoms with van der Waals surface area (Å²) in [4.78, 5) is 21.6. The van der Waals surface area contributed by atoms with Gasteiger partial charge >= 0.3 is 11.9 Å². The number of hydrogen-bond acceptors (Lipinski definition) is 3. The molecule has 3 heteroatoms. The molecule has 1 saturated heterocycles. The Balaban J connectivity index is 2.91. The first-order valence-corrected chi connectivity index (χ1v) is 3.21. The predicted molar refractivity (Wildman–Crippen MR) is 38.5 cm³/mol. The van der Waals surface area contributed by atoms with Crippen molar-refractivity contribution >= 4 is 11.9 Å². The minimum absolute atomic E-state index is 0.532. The summed E-state index contributed by atoms with van der Waals surface area (Å²) < 4.78 is 4.35. The van der Waals surface area contributed by atoms with Crippen LogP contribution in [0.2, 0.25) is 0 Å². The molecule has 1 rings (SSSR count). The number of hydrogen-bond donors (Lipinski definition) is 0. The smallest absolute Gasteiger partial charge is 0.321 e. The topological polar surface area (TPSA) is 43.4 Å². The van der Waals surface area contributed by atoms with Crippen LogP contribution in [0.5, 0.6) is 0 Å². The molecule has 0 aromatic heterocycles. The van der Waals surface area contributed by atoms with Gasteiger partial charge in [0.2, 0.25) is 0 Å². The van der Waals surface area contributed by atoms with Crippen LogP contribution in [0.15, 0.2) is 25.3 Å². The average molecular weight is 152 g/mol. The van der Waals surface area contributed by atoms with Gasteiger partial charge in [-0.2, -0.15) is 0 Å². The number of esters is 2. The monoisotopic (exact) mass is 152 g/mol. The molecule has 0 aromatic carbocycles. The van der Waals surface area contributed by atoms with Crippen LogP contribution in [0.3, 0.4) is 0 Å². The molecule has 58 valence electrons. The lowest BCUT2D eigenvalue weighted by Gasteiger charge is -2.00. The van der Waals surface area contributed by atoms with E-state index >= 15 is 0 Å². The fourth-order valence-electron chi connectivity index (χ4n) is 1.01. The summed E-state index contributed by atoms with van der Waals surface area (Å²) in [6, 6.07) is 0. The highest BCUT2D eigenvalue weighted by Crippen LogP contribution is 2.24. The largest absolute Gasteiger partial charge is 0.392 e. The zero-order chi connectivity index (χ0) is 8.43. The van der Waals surface area contributed by atoms with E-state index in [1.54, 1.807) is 0 Å². The minimum Gasteiger partial charge on any atom is -0.392 e. The third-order valence-electron chi connectivity index (χ3n) is 1.64. The third-order valence-corrected chi connectivity index (χ3v) is 1.64. The summed E-state index contributed by atoms with van der Waals surface area (Å²) in [6.07, 6.45) is 2.80. The molecular weight excluding hydrogens is 144 g/mol. The van der Waals surface area contributed by atoms with E-state index in [1.165, 1.54) is 12.2 Å². The van der Waals surface area contributed by atoms with Gasteiger partial charge in [-0.05, 0) is 0 Å². The van der Waals surface area contributed by atoms with Crippen LogP contribution in [0.1, 0.15) is 0 Å². The molecule has 1 heterocycles. The van der Waals surface area contributed by atoms with E-state index in [9.17, 15) is 9.59 Å². The maximum atomic E-state index is 10.8. The van der Waals surface area contributed by atoms with Crippen molar-refractivity contribution in [3.05, 3.63) is 25.3 Å². The van der Waals surface area contributed by atoms with Crippen LogP contribution in [-0.4, -0.2) is 11.9 Å². The maximum absolute atomic E-state index is 10.8. The van der Waals surface area contributed by atoms with Crippen molar-refractivity contribution in [3.8, 4) is 0 Å². The summed E-state index contributed by atoms with van der Waals surface area (Å²) in [6.45, 7) is 6.85. The normalized spacial score (nSPS) is 29.8. The van der Waals surface area contributed by atoms with Crippen molar-refractivity contribution in [2.45, 2.75) is 0 Å². The van der Waals surface area contributed by atoms with Crippen LogP contribution in [0, 0.1) is 11.8 Å². The van der Waals surface area contributed by atoms with Crippen molar-refractivity contribution in [2.24, 2.45) is 11.8 Å². The molecule has 0 aliphatic carbocycles. The van der Waals surface area contributed by atoms with Crippen LogP contribution < -0.4 is 0 Å². The quantitative estimate of drug-likeness (QED) is 0.332. The van der Waals surface area contributed by atoms with Gasteiger partial charge in [0.05, 0.1) is 11.8 Å². The molecule has 1 fully saturated rings. The van der Waals surface area contributed by atoms with Gasteiger partial charge in [-0.1, -0.05) is 12.2 Å². The summed E-state index contributed by atoms with van der Waals surface area (Å²) in [7, 11) is 0. The Bertz CT molecular complexity index is 205. The Morgan fingerprint density at radius 1 is 1.09 bits per heavy atom. The first-order valence-electron chi connectivity index (χ1n) is 3.21. The average Bonchev–Trinajstić information content (AvgIpc) is 2.24. The molecule has 1 aliphatic rings. The lowest BCUT2D eigenvalue weighted by Crippen LogP contribution is -2.12. The molecule has 0 unspecified atom stereocenters. The fourth-order valence-corrected chi connectivity index (χ4v) is 1.01. The number of cyclic esters (lactones) is 2. The standard InChI is InChI=1S/C8H8O3/c1-3-5-6(4-2)8(10)11-7(5)9/h3-6H,1-2H2/t5-,6+. The lowest BCUT2D eigenvalue weighted by molar-refractivity contribution is -0.153.